The van der Waals surface area contributed by atoms with Crippen LogP contribution in [0.15, 0.2) is 0 Å². The Labute approximate surface area is 63.2 Å². The highest BCUT2D eigenvalue weighted by Gasteiger charge is 2.02. The third-order valence-electron chi connectivity index (χ3n) is 1.40. The average Bonchev–Trinajstić information content (AvgIpc) is 1.89. The highest BCUT2D eigenvalue weighted by molar-refractivity contribution is 4.42. The summed E-state index contributed by atoms with van der Waals surface area (Å²) in [6, 6.07) is 0. The zero-order valence-electron chi connectivity index (χ0n) is 6.93. The van der Waals surface area contributed by atoms with Gasteiger partial charge in [-0.3, -0.25) is 0 Å². The largest absolute Gasteiger partial charge is 0.350 e. The fourth-order valence-corrected chi connectivity index (χ4v) is 0.830. The van der Waals surface area contributed by atoms with Gasteiger partial charge in [-0.1, -0.05) is 19.8 Å². The quantitative estimate of drug-likeness (QED) is 0.416. The lowest BCUT2D eigenvalue weighted by molar-refractivity contribution is -0.140. The van der Waals surface area contributed by atoms with Crippen LogP contribution in [0.1, 0.15) is 39.5 Å². The second-order valence-electron chi connectivity index (χ2n) is 2.38. The molecular formula is C8H17O2. The summed E-state index contributed by atoms with van der Waals surface area (Å²) in [6.45, 7) is 4.52. The van der Waals surface area contributed by atoms with Crippen molar-refractivity contribution in [3.63, 3.8) is 0 Å². The molecule has 0 rings (SSSR count). The van der Waals surface area contributed by atoms with E-state index >= 15 is 0 Å². The minimum atomic E-state index is -0.781. The monoisotopic (exact) mass is 145 g/mol. The van der Waals surface area contributed by atoms with Crippen LogP contribution < -0.4 is 0 Å². The maximum Gasteiger partial charge on any atom is 0.191 e. The van der Waals surface area contributed by atoms with E-state index in [1.165, 1.54) is 6.42 Å². The Hall–Kier alpha value is -0.0800. The topological polar surface area (TPSA) is 29.1 Å². The van der Waals surface area contributed by atoms with E-state index in [-0.39, 0.29) is 0 Å². The molecule has 0 amide bonds. The number of rotatable bonds is 6. The van der Waals surface area contributed by atoms with E-state index in [1.54, 1.807) is 0 Å². The summed E-state index contributed by atoms with van der Waals surface area (Å²) >= 11 is 0. The Balaban J connectivity index is 2.97. The van der Waals surface area contributed by atoms with Crippen molar-refractivity contribution in [1.82, 2.24) is 0 Å². The third kappa shape index (κ3) is 6.05. The first-order chi connectivity index (χ1) is 4.81. The van der Waals surface area contributed by atoms with Crippen LogP contribution in [-0.4, -0.2) is 12.9 Å². The number of unbranched alkanes of at least 4 members (excludes halogenated alkanes) is 2. The van der Waals surface area contributed by atoms with Crippen LogP contribution in [0.5, 0.6) is 0 Å². The molecule has 0 heterocycles. The molecule has 0 aromatic rings. The van der Waals surface area contributed by atoms with Crippen LogP contribution >= 0.6 is 0 Å². The maximum absolute atomic E-state index is 10.8. The molecule has 2 heteroatoms. The highest BCUT2D eigenvalue weighted by Crippen LogP contribution is 2.04. The molecule has 0 aromatic heterocycles. The zero-order valence-corrected chi connectivity index (χ0v) is 6.93. The second kappa shape index (κ2) is 7.03. The molecule has 0 saturated heterocycles. The lowest BCUT2D eigenvalue weighted by Gasteiger charge is -2.06. The van der Waals surface area contributed by atoms with Gasteiger partial charge in [0.2, 0.25) is 0 Å². The van der Waals surface area contributed by atoms with Gasteiger partial charge in [-0.2, -0.15) is 0 Å². The van der Waals surface area contributed by atoms with Crippen LogP contribution in [0, 0.1) is 0 Å². The van der Waals surface area contributed by atoms with Gasteiger partial charge < -0.3 is 4.74 Å². The maximum atomic E-state index is 10.8. The number of ether oxygens (including phenoxy) is 1. The van der Waals surface area contributed by atoms with Crippen LogP contribution in [0.3, 0.4) is 0 Å². The second-order valence-corrected chi connectivity index (χ2v) is 2.38. The molecule has 1 radical (unpaired) electrons. The van der Waals surface area contributed by atoms with E-state index in [4.69, 9.17) is 4.74 Å². The molecule has 0 bridgehead atoms. The predicted molar refractivity (Wildman–Crippen MR) is 40.2 cm³/mol. The van der Waals surface area contributed by atoms with Crippen molar-refractivity contribution in [2.75, 3.05) is 6.61 Å². The summed E-state index contributed by atoms with van der Waals surface area (Å²) in [7, 11) is 0. The molecular weight excluding hydrogens is 128 g/mol. The molecule has 0 aliphatic rings. The Kier molecular flexibility index (Phi) is 6.98. The molecule has 10 heavy (non-hydrogen) atoms. The Morgan fingerprint density at radius 2 is 2.00 bits per heavy atom. The zero-order chi connectivity index (χ0) is 7.82. The summed E-state index contributed by atoms with van der Waals surface area (Å²) in [4.78, 5) is 0. The lowest BCUT2D eigenvalue weighted by atomic mass is 10.2. The van der Waals surface area contributed by atoms with E-state index in [9.17, 15) is 5.11 Å². The van der Waals surface area contributed by atoms with Crippen molar-refractivity contribution in [2.45, 2.75) is 45.8 Å². The van der Waals surface area contributed by atoms with Crippen molar-refractivity contribution in [3.8, 4) is 0 Å². The Morgan fingerprint density at radius 3 is 2.50 bits per heavy atom. The fourth-order valence-electron chi connectivity index (χ4n) is 0.830. The van der Waals surface area contributed by atoms with E-state index < -0.39 is 6.29 Å². The van der Waals surface area contributed by atoms with Crippen molar-refractivity contribution >= 4 is 0 Å². The molecule has 0 saturated carbocycles. The molecule has 2 nitrogen and oxygen atoms in total. The van der Waals surface area contributed by atoms with Gasteiger partial charge in [0.15, 0.2) is 6.29 Å². The first-order valence-electron chi connectivity index (χ1n) is 4.08. The highest BCUT2D eigenvalue weighted by atomic mass is 16.6. The standard InChI is InChI=1S/C8H17O2/c1-3-5-6-7-8(9)10-4-2/h8H,3-7H2,1-2H3. The van der Waals surface area contributed by atoms with Gasteiger partial charge in [-0.25, -0.2) is 5.11 Å². The van der Waals surface area contributed by atoms with Crippen LogP contribution in [-0.2, 0) is 9.84 Å². The van der Waals surface area contributed by atoms with Crippen LogP contribution in [0.4, 0.5) is 0 Å². The SMILES string of the molecule is CCCCCC([O])OCC. The van der Waals surface area contributed by atoms with Crippen LogP contribution in [0.2, 0.25) is 0 Å². The molecule has 0 aromatic carbocycles. The van der Waals surface area contributed by atoms with Crippen molar-refractivity contribution in [1.29, 1.82) is 0 Å². The van der Waals surface area contributed by atoms with Gasteiger partial charge in [0.1, 0.15) is 0 Å². The van der Waals surface area contributed by atoms with Crippen molar-refractivity contribution in [3.05, 3.63) is 0 Å². The van der Waals surface area contributed by atoms with E-state index in [1.807, 2.05) is 6.92 Å². The molecule has 1 unspecified atom stereocenters. The smallest absolute Gasteiger partial charge is 0.191 e. The fraction of sp³-hybridized carbons (Fsp3) is 1.00. The van der Waals surface area contributed by atoms with Gasteiger partial charge >= 0.3 is 0 Å². The molecule has 0 N–H and O–H groups in total. The molecule has 0 spiro atoms. The number of hydrogen-bond acceptors (Lipinski definition) is 1. The molecule has 61 valence electrons. The average molecular weight is 145 g/mol. The van der Waals surface area contributed by atoms with E-state index in [2.05, 4.69) is 6.92 Å². The first-order valence-corrected chi connectivity index (χ1v) is 4.08. The van der Waals surface area contributed by atoms with E-state index in [0.717, 1.165) is 12.8 Å². The van der Waals surface area contributed by atoms with Gasteiger partial charge in [0.05, 0.1) is 0 Å². The van der Waals surface area contributed by atoms with Crippen molar-refractivity contribution in [2.24, 2.45) is 0 Å². The summed E-state index contributed by atoms with van der Waals surface area (Å²) in [5, 5.41) is 10.8. The predicted octanol–water partition coefficient (Wildman–Crippen LogP) is 2.36. The van der Waals surface area contributed by atoms with Crippen LogP contribution in [0.25, 0.3) is 0 Å². The Morgan fingerprint density at radius 1 is 1.30 bits per heavy atom. The summed E-state index contributed by atoms with van der Waals surface area (Å²) in [6.07, 6.45) is 3.20. The summed E-state index contributed by atoms with van der Waals surface area (Å²) < 4.78 is 4.83. The minimum absolute atomic E-state index is 0.542. The van der Waals surface area contributed by atoms with E-state index in [0.29, 0.717) is 13.0 Å². The lowest BCUT2D eigenvalue weighted by Crippen LogP contribution is -2.09. The summed E-state index contributed by atoms with van der Waals surface area (Å²) in [5.41, 5.74) is 0. The molecule has 0 fully saturated rings. The third-order valence-corrected chi connectivity index (χ3v) is 1.40. The molecule has 0 aliphatic carbocycles. The molecule has 0 aliphatic heterocycles. The van der Waals surface area contributed by atoms with Gasteiger partial charge in [-0.15, -0.1) is 0 Å². The van der Waals surface area contributed by atoms with Gasteiger partial charge in [0, 0.05) is 13.0 Å². The Bertz CT molecular complexity index is 64.3. The van der Waals surface area contributed by atoms with Gasteiger partial charge in [0.25, 0.3) is 0 Å². The normalized spacial score (nSPS) is 13.5. The van der Waals surface area contributed by atoms with Gasteiger partial charge in [-0.05, 0) is 13.3 Å². The molecule has 1 atom stereocenters. The summed E-state index contributed by atoms with van der Waals surface area (Å²) in [5.74, 6) is 0. The minimum Gasteiger partial charge on any atom is -0.350 e. The first kappa shape index (κ1) is 9.92. The van der Waals surface area contributed by atoms with Crippen molar-refractivity contribution < 1.29 is 9.84 Å². The number of hydrogen-bond donors (Lipinski definition) is 0.